The van der Waals surface area contributed by atoms with E-state index in [2.05, 4.69) is 46.8 Å². The molecular formula is C17H26O2. The lowest BCUT2D eigenvalue weighted by Crippen LogP contribution is -2.05. The SMILES string of the molecule is CCCOc1ccc(C(C)CC2OC2C)c(C)c1C. The summed E-state index contributed by atoms with van der Waals surface area (Å²) < 4.78 is 11.3. The van der Waals surface area contributed by atoms with Gasteiger partial charge in [-0.2, -0.15) is 0 Å². The third-order valence-corrected chi connectivity index (χ3v) is 4.19. The highest BCUT2D eigenvalue weighted by molar-refractivity contribution is 5.45. The molecule has 0 N–H and O–H groups in total. The highest BCUT2D eigenvalue weighted by Crippen LogP contribution is 2.35. The van der Waals surface area contributed by atoms with Crippen LogP contribution >= 0.6 is 0 Å². The first-order chi connectivity index (χ1) is 9.04. The molecule has 0 bridgehead atoms. The van der Waals surface area contributed by atoms with E-state index >= 15 is 0 Å². The first-order valence-corrected chi connectivity index (χ1v) is 7.43. The fraction of sp³-hybridized carbons (Fsp3) is 0.647. The Kier molecular flexibility index (Phi) is 4.51. The summed E-state index contributed by atoms with van der Waals surface area (Å²) in [6.07, 6.45) is 3.09. The van der Waals surface area contributed by atoms with Gasteiger partial charge in [-0.1, -0.05) is 19.9 Å². The molecule has 3 atom stereocenters. The van der Waals surface area contributed by atoms with Gasteiger partial charge >= 0.3 is 0 Å². The summed E-state index contributed by atoms with van der Waals surface area (Å²) in [6, 6.07) is 4.35. The number of hydrogen-bond donors (Lipinski definition) is 0. The predicted molar refractivity (Wildman–Crippen MR) is 79.1 cm³/mol. The normalized spacial score (nSPS) is 23.2. The summed E-state index contributed by atoms with van der Waals surface area (Å²) in [5.41, 5.74) is 4.08. The topological polar surface area (TPSA) is 21.8 Å². The van der Waals surface area contributed by atoms with Crippen molar-refractivity contribution in [3.63, 3.8) is 0 Å². The van der Waals surface area contributed by atoms with Crippen LogP contribution in [0, 0.1) is 13.8 Å². The summed E-state index contributed by atoms with van der Waals surface area (Å²) >= 11 is 0. The van der Waals surface area contributed by atoms with Crippen LogP contribution in [0.4, 0.5) is 0 Å². The molecule has 1 aromatic rings. The molecule has 1 aromatic carbocycles. The maximum Gasteiger partial charge on any atom is 0.122 e. The van der Waals surface area contributed by atoms with Crippen LogP contribution in [0.2, 0.25) is 0 Å². The highest BCUT2D eigenvalue weighted by Gasteiger charge is 2.35. The zero-order valence-electron chi connectivity index (χ0n) is 12.8. The summed E-state index contributed by atoms with van der Waals surface area (Å²) in [5.74, 6) is 1.58. The maximum atomic E-state index is 5.79. The molecule has 0 amide bonds. The van der Waals surface area contributed by atoms with Crippen molar-refractivity contribution in [1.82, 2.24) is 0 Å². The van der Waals surface area contributed by atoms with E-state index in [0.29, 0.717) is 18.1 Å². The molecule has 0 spiro atoms. The standard InChI is InChI=1S/C17H26O2/c1-6-9-18-16-8-7-15(12(3)13(16)4)11(2)10-17-14(5)19-17/h7-8,11,14,17H,6,9-10H2,1-5H3. The van der Waals surface area contributed by atoms with Gasteiger partial charge in [-0.15, -0.1) is 0 Å². The smallest absolute Gasteiger partial charge is 0.122 e. The van der Waals surface area contributed by atoms with Gasteiger partial charge < -0.3 is 9.47 Å². The molecule has 19 heavy (non-hydrogen) atoms. The largest absolute Gasteiger partial charge is 0.493 e. The molecule has 0 saturated carbocycles. The van der Waals surface area contributed by atoms with Gasteiger partial charge in [-0.05, 0) is 62.3 Å². The lowest BCUT2D eigenvalue weighted by Gasteiger charge is -2.18. The first kappa shape index (κ1) is 14.4. The Hall–Kier alpha value is -1.02. The van der Waals surface area contributed by atoms with Gasteiger partial charge in [-0.3, -0.25) is 0 Å². The van der Waals surface area contributed by atoms with E-state index < -0.39 is 0 Å². The molecule has 1 saturated heterocycles. The molecule has 1 heterocycles. The quantitative estimate of drug-likeness (QED) is 0.710. The van der Waals surface area contributed by atoms with Gasteiger partial charge in [0.15, 0.2) is 0 Å². The molecule has 0 radical (unpaired) electrons. The van der Waals surface area contributed by atoms with Gasteiger partial charge in [0.25, 0.3) is 0 Å². The minimum absolute atomic E-state index is 0.455. The van der Waals surface area contributed by atoms with Gasteiger partial charge in [0, 0.05) is 0 Å². The van der Waals surface area contributed by atoms with Crippen LogP contribution in [0.5, 0.6) is 5.75 Å². The number of rotatable bonds is 6. The van der Waals surface area contributed by atoms with Crippen LogP contribution in [0.1, 0.15) is 56.2 Å². The zero-order chi connectivity index (χ0) is 14.0. The lowest BCUT2D eigenvalue weighted by molar-refractivity contribution is 0.315. The van der Waals surface area contributed by atoms with Crippen molar-refractivity contribution in [2.45, 2.75) is 65.6 Å². The van der Waals surface area contributed by atoms with E-state index in [1.165, 1.54) is 16.7 Å². The van der Waals surface area contributed by atoms with Crippen molar-refractivity contribution in [3.8, 4) is 5.75 Å². The van der Waals surface area contributed by atoms with E-state index in [1.54, 1.807) is 0 Å². The number of epoxide rings is 1. The average molecular weight is 262 g/mol. The van der Waals surface area contributed by atoms with E-state index in [-0.39, 0.29) is 0 Å². The molecular weight excluding hydrogens is 236 g/mol. The third kappa shape index (κ3) is 3.30. The minimum Gasteiger partial charge on any atom is -0.493 e. The van der Waals surface area contributed by atoms with Gasteiger partial charge in [0.1, 0.15) is 5.75 Å². The second-order valence-corrected chi connectivity index (χ2v) is 5.77. The molecule has 3 unspecified atom stereocenters. The van der Waals surface area contributed by atoms with Crippen LogP contribution in [-0.2, 0) is 4.74 Å². The van der Waals surface area contributed by atoms with Crippen molar-refractivity contribution in [2.75, 3.05) is 6.61 Å². The second-order valence-electron chi connectivity index (χ2n) is 5.77. The van der Waals surface area contributed by atoms with Crippen molar-refractivity contribution in [1.29, 1.82) is 0 Å². The van der Waals surface area contributed by atoms with Crippen molar-refractivity contribution in [2.24, 2.45) is 0 Å². The maximum absolute atomic E-state index is 5.79. The predicted octanol–water partition coefficient (Wildman–Crippen LogP) is 4.37. The van der Waals surface area contributed by atoms with Crippen molar-refractivity contribution < 1.29 is 9.47 Å². The molecule has 1 aliphatic heterocycles. The summed E-state index contributed by atoms with van der Waals surface area (Å²) in [7, 11) is 0. The molecule has 1 fully saturated rings. The summed E-state index contributed by atoms with van der Waals surface area (Å²) in [6.45, 7) is 11.7. The highest BCUT2D eigenvalue weighted by atomic mass is 16.6. The Morgan fingerprint density at radius 2 is 1.95 bits per heavy atom. The second kappa shape index (κ2) is 5.96. The Bertz CT molecular complexity index is 439. The van der Waals surface area contributed by atoms with Crippen molar-refractivity contribution >= 4 is 0 Å². The third-order valence-electron chi connectivity index (χ3n) is 4.19. The average Bonchev–Trinajstić information content (AvgIpc) is 3.06. The van der Waals surface area contributed by atoms with E-state index in [1.807, 2.05) is 0 Å². The van der Waals surface area contributed by atoms with E-state index in [0.717, 1.165) is 25.2 Å². The summed E-state index contributed by atoms with van der Waals surface area (Å²) in [5, 5.41) is 0. The zero-order valence-corrected chi connectivity index (χ0v) is 12.8. The van der Waals surface area contributed by atoms with Crippen LogP contribution < -0.4 is 4.74 Å². The molecule has 0 aliphatic carbocycles. The number of ether oxygens (including phenoxy) is 2. The molecule has 2 rings (SSSR count). The van der Waals surface area contributed by atoms with E-state index in [9.17, 15) is 0 Å². The molecule has 2 nitrogen and oxygen atoms in total. The van der Waals surface area contributed by atoms with E-state index in [4.69, 9.17) is 9.47 Å². The Labute approximate surface area is 117 Å². The Morgan fingerprint density at radius 3 is 2.53 bits per heavy atom. The first-order valence-electron chi connectivity index (χ1n) is 7.43. The van der Waals surface area contributed by atoms with Crippen LogP contribution in [0.25, 0.3) is 0 Å². The Morgan fingerprint density at radius 1 is 1.26 bits per heavy atom. The minimum atomic E-state index is 0.455. The summed E-state index contributed by atoms with van der Waals surface area (Å²) in [4.78, 5) is 0. The van der Waals surface area contributed by atoms with Crippen LogP contribution in [-0.4, -0.2) is 18.8 Å². The lowest BCUT2D eigenvalue weighted by atomic mass is 9.89. The molecule has 106 valence electrons. The fourth-order valence-electron chi connectivity index (χ4n) is 2.67. The monoisotopic (exact) mass is 262 g/mol. The molecule has 2 heteroatoms. The van der Waals surface area contributed by atoms with Crippen LogP contribution in [0.3, 0.4) is 0 Å². The fourth-order valence-corrected chi connectivity index (χ4v) is 2.67. The number of benzene rings is 1. The molecule has 0 aromatic heterocycles. The van der Waals surface area contributed by atoms with Gasteiger partial charge in [-0.25, -0.2) is 0 Å². The number of hydrogen-bond acceptors (Lipinski definition) is 2. The Balaban J connectivity index is 2.10. The molecule has 1 aliphatic rings. The van der Waals surface area contributed by atoms with Crippen LogP contribution in [0.15, 0.2) is 12.1 Å². The van der Waals surface area contributed by atoms with Gasteiger partial charge in [0.05, 0.1) is 18.8 Å². The van der Waals surface area contributed by atoms with Crippen molar-refractivity contribution in [3.05, 3.63) is 28.8 Å². The van der Waals surface area contributed by atoms with Gasteiger partial charge in [0.2, 0.25) is 0 Å².